The second-order valence-corrected chi connectivity index (χ2v) is 7.72. The molecule has 2 saturated heterocycles. The van der Waals surface area contributed by atoms with Crippen molar-refractivity contribution in [3.8, 4) is 0 Å². The molecule has 2 aromatic carbocycles. The minimum Gasteiger partial charge on any atom is -0.372 e. The minimum atomic E-state index is -0.460. The lowest BCUT2D eigenvalue weighted by Crippen LogP contribution is -2.47. The van der Waals surface area contributed by atoms with Crippen LogP contribution in [0.25, 0.3) is 0 Å². The van der Waals surface area contributed by atoms with Crippen molar-refractivity contribution in [3.63, 3.8) is 0 Å². The lowest BCUT2D eigenvalue weighted by Gasteiger charge is -2.39. The van der Waals surface area contributed by atoms with E-state index >= 15 is 0 Å². The van der Waals surface area contributed by atoms with Crippen molar-refractivity contribution in [1.82, 2.24) is 4.90 Å². The Morgan fingerprint density at radius 1 is 1.15 bits per heavy atom. The summed E-state index contributed by atoms with van der Waals surface area (Å²) in [5.41, 5.74) is 3.02. The summed E-state index contributed by atoms with van der Waals surface area (Å²) in [6.45, 7) is 1.88. The van der Waals surface area contributed by atoms with Crippen molar-refractivity contribution < 1.29 is 18.7 Å². The smallest absolute Gasteiger partial charge is 0.252 e. The van der Waals surface area contributed by atoms with Crippen molar-refractivity contribution in [2.75, 3.05) is 19.8 Å². The lowest BCUT2D eigenvalue weighted by atomic mass is 9.87. The van der Waals surface area contributed by atoms with Gasteiger partial charge in [0.1, 0.15) is 11.9 Å². The second-order valence-electron chi connectivity index (χ2n) is 7.72. The van der Waals surface area contributed by atoms with E-state index < -0.39 is 6.10 Å². The topological polar surface area (TPSA) is 38.8 Å². The Morgan fingerprint density at radius 2 is 1.93 bits per heavy atom. The summed E-state index contributed by atoms with van der Waals surface area (Å²) in [4.78, 5) is 15.3. The van der Waals surface area contributed by atoms with Crippen LogP contribution in [0, 0.1) is 5.82 Å². The third kappa shape index (κ3) is 2.86. The Bertz CT molecular complexity index is 862. The average Bonchev–Trinajstić information content (AvgIpc) is 3.14. The number of carbonyl (C=O) groups excluding carboxylic acids is 1. The van der Waals surface area contributed by atoms with Gasteiger partial charge >= 0.3 is 0 Å². The molecule has 0 unspecified atom stereocenters. The molecular weight excluding hydrogens is 345 g/mol. The summed E-state index contributed by atoms with van der Waals surface area (Å²) >= 11 is 0. The summed E-state index contributed by atoms with van der Waals surface area (Å²) < 4.78 is 25.0. The Kier molecular flexibility index (Phi) is 4.02. The van der Waals surface area contributed by atoms with E-state index in [1.54, 1.807) is 12.1 Å². The molecule has 3 aliphatic heterocycles. The van der Waals surface area contributed by atoms with E-state index in [9.17, 15) is 9.18 Å². The largest absolute Gasteiger partial charge is 0.372 e. The van der Waals surface area contributed by atoms with Gasteiger partial charge in [0.15, 0.2) is 0 Å². The highest BCUT2D eigenvalue weighted by Gasteiger charge is 2.50. The Labute approximate surface area is 157 Å². The molecule has 0 radical (unpaired) electrons. The van der Waals surface area contributed by atoms with Gasteiger partial charge in [0.2, 0.25) is 0 Å². The van der Waals surface area contributed by atoms with Crippen LogP contribution < -0.4 is 0 Å². The molecule has 2 aromatic rings. The summed E-state index contributed by atoms with van der Waals surface area (Å²) in [6.07, 6.45) is 1.94. The van der Waals surface area contributed by atoms with E-state index in [-0.39, 0.29) is 23.4 Å². The number of hydrogen-bond acceptors (Lipinski definition) is 3. The first-order valence-electron chi connectivity index (χ1n) is 9.55. The Balaban J connectivity index is 1.48. The van der Waals surface area contributed by atoms with Gasteiger partial charge in [-0.15, -0.1) is 0 Å². The monoisotopic (exact) mass is 367 g/mol. The fourth-order valence-electron chi connectivity index (χ4n) is 4.53. The van der Waals surface area contributed by atoms with Crippen LogP contribution in [0.2, 0.25) is 0 Å². The van der Waals surface area contributed by atoms with Crippen molar-refractivity contribution >= 4 is 5.91 Å². The van der Waals surface area contributed by atoms with Crippen LogP contribution >= 0.6 is 0 Å². The second kappa shape index (κ2) is 6.43. The molecular formula is C22H22FNO3. The van der Waals surface area contributed by atoms with Gasteiger partial charge in [-0.3, -0.25) is 4.79 Å². The molecule has 1 amide bonds. The third-order valence-electron chi connectivity index (χ3n) is 6.10. The number of fused-ring (bicyclic) bond motifs is 1. The SMILES string of the molecule is O=C([C@H]1C[C@@]2(CCO2)CO1)N1CCc2ccccc2[C@@H]1c1ccc(F)cc1. The highest BCUT2D eigenvalue weighted by molar-refractivity contribution is 5.82. The summed E-state index contributed by atoms with van der Waals surface area (Å²) in [7, 11) is 0. The number of amides is 1. The van der Waals surface area contributed by atoms with Gasteiger partial charge < -0.3 is 14.4 Å². The standard InChI is InChI=1S/C22H22FNO3/c23-17-7-5-16(6-8-17)20-18-4-2-1-3-15(18)9-11-24(20)21(25)19-13-22(14-26-19)10-12-27-22/h1-8,19-20H,9-14H2/t19-,20+,22+/m1/s1. The molecule has 27 heavy (non-hydrogen) atoms. The Morgan fingerprint density at radius 3 is 2.63 bits per heavy atom. The number of carbonyl (C=O) groups is 1. The predicted octanol–water partition coefficient (Wildman–Crippen LogP) is 3.25. The molecule has 5 heteroatoms. The minimum absolute atomic E-state index is 0.00574. The van der Waals surface area contributed by atoms with Crippen LogP contribution in [0.5, 0.6) is 0 Å². The summed E-state index contributed by atoms with van der Waals surface area (Å²) in [5, 5.41) is 0. The zero-order valence-corrected chi connectivity index (χ0v) is 15.1. The number of nitrogens with zero attached hydrogens (tertiary/aromatic N) is 1. The number of benzene rings is 2. The first-order valence-corrected chi connectivity index (χ1v) is 9.55. The van der Waals surface area contributed by atoms with E-state index in [1.165, 1.54) is 17.7 Å². The van der Waals surface area contributed by atoms with Crippen molar-refractivity contribution in [1.29, 1.82) is 0 Å². The predicted molar refractivity (Wildman–Crippen MR) is 97.8 cm³/mol. The van der Waals surface area contributed by atoms with Gasteiger partial charge in [0, 0.05) is 19.4 Å². The number of hydrogen-bond donors (Lipinski definition) is 0. The number of ether oxygens (including phenoxy) is 2. The molecule has 3 heterocycles. The molecule has 0 aromatic heterocycles. The summed E-state index contributed by atoms with van der Waals surface area (Å²) in [5.74, 6) is -0.268. The molecule has 0 N–H and O–H groups in total. The fraction of sp³-hybridized carbons (Fsp3) is 0.409. The molecule has 1 spiro atoms. The van der Waals surface area contributed by atoms with E-state index in [4.69, 9.17) is 9.47 Å². The Hall–Kier alpha value is -2.24. The van der Waals surface area contributed by atoms with Gasteiger partial charge in [-0.05, 0) is 35.2 Å². The average molecular weight is 367 g/mol. The van der Waals surface area contributed by atoms with E-state index in [2.05, 4.69) is 12.1 Å². The zero-order chi connectivity index (χ0) is 18.4. The molecule has 2 fully saturated rings. The van der Waals surface area contributed by atoms with Crippen molar-refractivity contribution in [3.05, 3.63) is 71.0 Å². The maximum absolute atomic E-state index is 13.5. The summed E-state index contributed by atoms with van der Waals surface area (Å²) in [6, 6.07) is 14.4. The first-order chi connectivity index (χ1) is 13.2. The maximum Gasteiger partial charge on any atom is 0.252 e. The molecule has 3 aliphatic rings. The highest BCUT2D eigenvalue weighted by Crippen LogP contribution is 2.41. The van der Waals surface area contributed by atoms with Crippen molar-refractivity contribution in [2.45, 2.75) is 37.0 Å². The zero-order valence-electron chi connectivity index (χ0n) is 15.1. The van der Waals surface area contributed by atoms with E-state index in [0.717, 1.165) is 30.6 Å². The molecule has 0 saturated carbocycles. The maximum atomic E-state index is 13.5. The highest BCUT2D eigenvalue weighted by atomic mass is 19.1. The van der Waals surface area contributed by atoms with Crippen LogP contribution in [0.4, 0.5) is 4.39 Å². The van der Waals surface area contributed by atoms with Gasteiger partial charge in [0.25, 0.3) is 5.91 Å². The number of halogens is 1. The molecule has 5 rings (SSSR count). The van der Waals surface area contributed by atoms with Crippen LogP contribution in [-0.4, -0.2) is 42.3 Å². The van der Waals surface area contributed by atoms with Crippen LogP contribution in [0.1, 0.15) is 35.6 Å². The fourth-order valence-corrected chi connectivity index (χ4v) is 4.53. The van der Waals surface area contributed by atoms with E-state index in [0.29, 0.717) is 19.6 Å². The number of rotatable bonds is 2. The van der Waals surface area contributed by atoms with Gasteiger partial charge in [0.05, 0.1) is 24.9 Å². The van der Waals surface area contributed by atoms with Crippen LogP contribution in [-0.2, 0) is 20.7 Å². The molecule has 3 atom stereocenters. The van der Waals surface area contributed by atoms with E-state index in [1.807, 2.05) is 17.0 Å². The van der Waals surface area contributed by atoms with Gasteiger partial charge in [-0.1, -0.05) is 36.4 Å². The van der Waals surface area contributed by atoms with Gasteiger partial charge in [-0.25, -0.2) is 4.39 Å². The molecule has 140 valence electrons. The quantitative estimate of drug-likeness (QED) is 0.818. The third-order valence-corrected chi connectivity index (χ3v) is 6.10. The first kappa shape index (κ1) is 16.9. The van der Waals surface area contributed by atoms with Gasteiger partial charge in [-0.2, -0.15) is 0 Å². The molecule has 4 nitrogen and oxygen atoms in total. The lowest BCUT2D eigenvalue weighted by molar-refractivity contribution is -0.144. The van der Waals surface area contributed by atoms with Crippen molar-refractivity contribution in [2.24, 2.45) is 0 Å². The molecule has 0 aliphatic carbocycles. The normalized spacial score (nSPS) is 29.4. The van der Waals surface area contributed by atoms with Crippen LogP contribution in [0.3, 0.4) is 0 Å². The van der Waals surface area contributed by atoms with Crippen LogP contribution in [0.15, 0.2) is 48.5 Å². The molecule has 0 bridgehead atoms.